The molecule has 176 valence electrons. The molecule has 2 atom stereocenters. The highest BCUT2D eigenvalue weighted by atomic mass is 19.4. The topological polar surface area (TPSA) is 69.2 Å². The first kappa shape index (κ1) is 26.3. The van der Waals surface area contributed by atoms with Gasteiger partial charge in [-0.05, 0) is 39.5 Å². The fourth-order valence-electron chi connectivity index (χ4n) is 3.35. The van der Waals surface area contributed by atoms with Gasteiger partial charge in [0.1, 0.15) is 5.60 Å². The summed E-state index contributed by atoms with van der Waals surface area (Å²) in [5.41, 5.74) is -0.560. The predicted octanol–water partition coefficient (Wildman–Crippen LogP) is 3.07. The maximum atomic E-state index is 12.6. The first-order chi connectivity index (χ1) is 13.7. The van der Waals surface area contributed by atoms with Crippen molar-refractivity contribution < 1.29 is 22.7 Å². The second-order valence-corrected chi connectivity index (χ2v) is 9.23. The summed E-state index contributed by atoms with van der Waals surface area (Å²) in [4.78, 5) is 19.7. The average molecular weight is 438 g/mol. The number of carbonyl (C=O) groups excluding carboxylic acids is 1. The van der Waals surface area contributed by atoms with Crippen LogP contribution in [0.2, 0.25) is 0 Å². The Hall–Kier alpha value is -1.71. The zero-order valence-corrected chi connectivity index (χ0v) is 19.3. The van der Waals surface area contributed by atoms with Crippen LogP contribution in [0.25, 0.3) is 0 Å². The Morgan fingerprint density at radius 1 is 1.30 bits per heavy atom. The fraction of sp³-hybridized carbons (Fsp3) is 0.900. The van der Waals surface area contributed by atoms with Crippen LogP contribution in [0.5, 0.6) is 0 Å². The minimum absolute atomic E-state index is 0.0747. The zero-order valence-electron chi connectivity index (χ0n) is 19.3. The van der Waals surface area contributed by atoms with E-state index in [1.165, 1.54) is 4.90 Å². The SMILES string of the molecule is CN=C(NC1CCN(CC(F)(F)F)C1)N(C)CCC(NC(=O)OC(C)(C)C)C(C)C. The van der Waals surface area contributed by atoms with Crippen molar-refractivity contribution in [1.29, 1.82) is 0 Å². The lowest BCUT2D eigenvalue weighted by atomic mass is 10.0. The molecule has 0 aliphatic carbocycles. The second-order valence-electron chi connectivity index (χ2n) is 9.23. The molecule has 0 spiro atoms. The summed E-state index contributed by atoms with van der Waals surface area (Å²) >= 11 is 0. The van der Waals surface area contributed by atoms with Gasteiger partial charge < -0.3 is 20.3 Å². The molecule has 0 aromatic heterocycles. The molecule has 1 aliphatic rings. The number of hydrogen-bond donors (Lipinski definition) is 2. The van der Waals surface area contributed by atoms with Gasteiger partial charge in [-0.2, -0.15) is 13.2 Å². The molecule has 1 saturated heterocycles. The van der Waals surface area contributed by atoms with E-state index in [-0.39, 0.29) is 18.0 Å². The summed E-state index contributed by atoms with van der Waals surface area (Å²) in [6, 6.07) is -0.150. The molecule has 0 aromatic rings. The predicted molar refractivity (Wildman–Crippen MR) is 113 cm³/mol. The fourth-order valence-corrected chi connectivity index (χ4v) is 3.35. The van der Waals surface area contributed by atoms with E-state index >= 15 is 0 Å². The number of likely N-dealkylation sites (tertiary alicyclic amines) is 1. The molecule has 30 heavy (non-hydrogen) atoms. The molecule has 1 rings (SSSR count). The lowest BCUT2D eigenvalue weighted by Crippen LogP contribution is -2.48. The van der Waals surface area contributed by atoms with E-state index < -0.39 is 24.4 Å². The maximum Gasteiger partial charge on any atom is 0.407 e. The number of hydrogen-bond acceptors (Lipinski definition) is 4. The number of guanidine groups is 1. The Balaban J connectivity index is 2.53. The van der Waals surface area contributed by atoms with Crippen molar-refractivity contribution in [1.82, 2.24) is 20.4 Å². The molecule has 2 unspecified atom stereocenters. The van der Waals surface area contributed by atoms with Crippen molar-refractivity contribution in [3.8, 4) is 0 Å². The molecule has 0 radical (unpaired) electrons. The van der Waals surface area contributed by atoms with Crippen LogP contribution >= 0.6 is 0 Å². The van der Waals surface area contributed by atoms with E-state index in [1.807, 2.05) is 46.6 Å². The highest BCUT2D eigenvalue weighted by Gasteiger charge is 2.34. The highest BCUT2D eigenvalue weighted by Crippen LogP contribution is 2.20. The lowest BCUT2D eigenvalue weighted by Gasteiger charge is -2.29. The molecule has 0 aromatic carbocycles. The van der Waals surface area contributed by atoms with Gasteiger partial charge in [0.25, 0.3) is 0 Å². The van der Waals surface area contributed by atoms with E-state index in [9.17, 15) is 18.0 Å². The van der Waals surface area contributed by atoms with Crippen LogP contribution in [0, 0.1) is 5.92 Å². The molecular weight excluding hydrogens is 399 g/mol. The van der Waals surface area contributed by atoms with Crippen LogP contribution < -0.4 is 10.6 Å². The minimum Gasteiger partial charge on any atom is -0.444 e. The van der Waals surface area contributed by atoms with Crippen LogP contribution in [-0.4, -0.2) is 86.0 Å². The summed E-state index contributed by atoms with van der Waals surface area (Å²) in [5, 5.41) is 6.19. The van der Waals surface area contributed by atoms with E-state index in [4.69, 9.17) is 4.74 Å². The van der Waals surface area contributed by atoms with Gasteiger partial charge in [-0.15, -0.1) is 0 Å². The van der Waals surface area contributed by atoms with Gasteiger partial charge in [0.15, 0.2) is 5.96 Å². The molecule has 1 aliphatic heterocycles. The molecular formula is C20H38F3N5O2. The summed E-state index contributed by atoms with van der Waals surface area (Å²) in [5.74, 6) is 0.847. The number of halogens is 3. The number of aliphatic imine (C=N–C) groups is 1. The number of amides is 1. The van der Waals surface area contributed by atoms with E-state index in [1.54, 1.807) is 7.05 Å². The molecule has 10 heteroatoms. The number of carbonyl (C=O) groups is 1. The third kappa shape index (κ3) is 10.4. The molecule has 0 bridgehead atoms. The Bertz CT molecular complexity index is 576. The number of rotatable bonds is 7. The van der Waals surface area contributed by atoms with E-state index in [2.05, 4.69) is 15.6 Å². The normalized spacial score (nSPS) is 19.7. The van der Waals surface area contributed by atoms with Gasteiger partial charge >= 0.3 is 12.3 Å². The van der Waals surface area contributed by atoms with Gasteiger partial charge in [-0.3, -0.25) is 9.89 Å². The second kappa shape index (κ2) is 11.1. The third-order valence-electron chi connectivity index (χ3n) is 4.86. The number of ether oxygens (including phenoxy) is 1. The summed E-state index contributed by atoms with van der Waals surface area (Å²) in [7, 11) is 3.53. The smallest absolute Gasteiger partial charge is 0.407 e. The molecule has 1 heterocycles. The van der Waals surface area contributed by atoms with Gasteiger partial charge in [0.05, 0.1) is 6.54 Å². The monoisotopic (exact) mass is 437 g/mol. The quantitative estimate of drug-likeness (QED) is 0.473. The van der Waals surface area contributed by atoms with Gasteiger partial charge in [-0.1, -0.05) is 13.8 Å². The average Bonchev–Trinajstić information content (AvgIpc) is 2.99. The zero-order chi connectivity index (χ0) is 23.1. The maximum absolute atomic E-state index is 12.6. The van der Waals surface area contributed by atoms with Gasteiger partial charge in [-0.25, -0.2) is 4.79 Å². The molecule has 1 fully saturated rings. The Morgan fingerprint density at radius 3 is 2.43 bits per heavy atom. The summed E-state index contributed by atoms with van der Waals surface area (Å²) in [6.07, 6.45) is -3.31. The van der Waals surface area contributed by atoms with E-state index in [0.29, 0.717) is 38.4 Å². The molecule has 2 N–H and O–H groups in total. The lowest BCUT2D eigenvalue weighted by molar-refractivity contribution is -0.143. The number of alkyl halides is 3. The van der Waals surface area contributed by atoms with Crippen LogP contribution in [-0.2, 0) is 4.74 Å². The third-order valence-corrected chi connectivity index (χ3v) is 4.86. The van der Waals surface area contributed by atoms with Crippen LogP contribution in [0.1, 0.15) is 47.5 Å². The van der Waals surface area contributed by atoms with Crippen molar-refractivity contribution in [2.45, 2.75) is 71.3 Å². The largest absolute Gasteiger partial charge is 0.444 e. The highest BCUT2D eigenvalue weighted by molar-refractivity contribution is 5.80. The van der Waals surface area contributed by atoms with Crippen LogP contribution in [0.4, 0.5) is 18.0 Å². The Morgan fingerprint density at radius 2 is 1.93 bits per heavy atom. The van der Waals surface area contributed by atoms with Crippen molar-refractivity contribution in [2.75, 3.05) is 40.3 Å². The standard InChI is InChI=1S/C20H38F3N5O2/c1-14(2)16(26-18(29)30-19(3,4)5)9-10-27(7)17(24-6)25-15-8-11-28(12-15)13-20(21,22)23/h14-16H,8-13H2,1-7H3,(H,24,25)(H,26,29). The first-order valence-electron chi connectivity index (χ1n) is 10.4. The minimum atomic E-state index is -4.18. The van der Waals surface area contributed by atoms with Crippen molar-refractivity contribution in [3.63, 3.8) is 0 Å². The van der Waals surface area contributed by atoms with Crippen molar-refractivity contribution >= 4 is 12.1 Å². The van der Waals surface area contributed by atoms with E-state index in [0.717, 1.165) is 0 Å². The van der Waals surface area contributed by atoms with Crippen molar-refractivity contribution in [3.05, 3.63) is 0 Å². The number of nitrogens with one attached hydrogen (secondary N) is 2. The van der Waals surface area contributed by atoms with Gasteiger partial charge in [0.2, 0.25) is 0 Å². The molecule has 7 nitrogen and oxygen atoms in total. The van der Waals surface area contributed by atoms with Crippen LogP contribution in [0.15, 0.2) is 4.99 Å². The van der Waals surface area contributed by atoms with Gasteiger partial charge in [0, 0.05) is 45.8 Å². The number of alkyl carbamates (subject to hydrolysis) is 1. The molecule has 1 amide bonds. The molecule has 0 saturated carbocycles. The summed E-state index contributed by atoms with van der Waals surface area (Å²) in [6.45, 7) is 10.0. The number of nitrogens with zero attached hydrogens (tertiary/aromatic N) is 3. The Kier molecular flexibility index (Phi) is 9.71. The Labute approximate surface area is 178 Å². The first-order valence-corrected chi connectivity index (χ1v) is 10.4. The van der Waals surface area contributed by atoms with Crippen LogP contribution in [0.3, 0.4) is 0 Å². The van der Waals surface area contributed by atoms with Crippen molar-refractivity contribution in [2.24, 2.45) is 10.9 Å². The summed E-state index contributed by atoms with van der Waals surface area (Å²) < 4.78 is 43.1.